The number of hydrogen-bond donors (Lipinski definition) is 11. The Labute approximate surface area is 355 Å². The number of nitrogens with two attached hydrogens (primary N) is 1. The van der Waals surface area contributed by atoms with Gasteiger partial charge >= 0.3 is 0 Å². The molecule has 12 N–H and O–H groups in total. The molecule has 14 nitrogen and oxygen atoms in total. The Kier molecular flexibility index (Phi) is 17.9. The van der Waals surface area contributed by atoms with Gasteiger partial charge in [-0.1, -0.05) is 75.0 Å². The molecule has 60 heavy (non-hydrogen) atoms. The van der Waals surface area contributed by atoms with E-state index in [1.807, 2.05) is 38.7 Å². The highest BCUT2D eigenvalue weighted by atomic mass is 16.3. The average molecular weight is 841 g/mol. The van der Waals surface area contributed by atoms with E-state index in [1.54, 1.807) is 49.5 Å². The second kappa shape index (κ2) is 21.9. The SMILES string of the molecule is CC1=C[C@@H]2[C@H](O)[C@H](O)CC[C@@H]2[C@](C)(C(O)=C2C(=O)CNC2=O)[C@@H]1CC[C@H](C)[C@H](O)/C(C)=C/C[C@H](O)/C=C/[C@H](C)[C@H](O)/C=C/C[C@H](O)/C=C/C[C@@H](O)C[C@H]1CCCN1C(=N)N. The summed E-state index contributed by atoms with van der Waals surface area (Å²) in [6.07, 6.45) is 12.9. The first-order valence-electron chi connectivity index (χ1n) is 21.8. The van der Waals surface area contributed by atoms with E-state index in [4.69, 9.17) is 11.1 Å². The molecule has 0 aromatic carbocycles. The van der Waals surface area contributed by atoms with Crippen molar-refractivity contribution in [2.24, 2.45) is 40.7 Å². The lowest BCUT2D eigenvalue weighted by Gasteiger charge is -2.54. The van der Waals surface area contributed by atoms with E-state index in [1.165, 1.54) is 0 Å². The van der Waals surface area contributed by atoms with Crippen molar-refractivity contribution in [1.29, 1.82) is 5.41 Å². The summed E-state index contributed by atoms with van der Waals surface area (Å²) in [6.45, 7) is 9.83. The molecule has 1 saturated carbocycles. The standard InChI is InChI=1S/C46H72N4O10/c1-26(37(54)13-7-11-31(51)10-6-12-33(53)24-30-9-8-22-50(30)45(47)48)14-17-32(52)18-15-27(2)41(57)28(3)16-19-35-29(4)23-34-36(20-21-38(55)42(34)58)46(35,5)43(59)40-39(56)25-49-44(40)60/h6-7,10,13-15,17,23,26,28,30-38,41-42,51-55,57-59H,8-9,11-12,16,18-22,24-25H2,1-5H3,(H3,47,48)(H,49,60)/b10-6+,13-7+,17-14+,27-15+,43-40?/t26-,28-,30+,31+,32+,33+,34-,35+,36-,37+,38+,41+,42-,46+/m0/s1. The number of amides is 1. The van der Waals surface area contributed by atoms with Gasteiger partial charge in [0.25, 0.3) is 5.91 Å². The second-order valence-electron chi connectivity index (χ2n) is 18.0. The lowest BCUT2D eigenvalue weighted by Crippen LogP contribution is -2.53. The number of rotatable bonds is 19. The first-order chi connectivity index (χ1) is 28.3. The fraction of sp³-hybridized carbons (Fsp3) is 0.674. The third-order valence-corrected chi connectivity index (χ3v) is 13.7. The number of guanidine groups is 1. The maximum absolute atomic E-state index is 12.8. The highest BCUT2D eigenvalue weighted by molar-refractivity contribution is 6.25. The van der Waals surface area contributed by atoms with Crippen molar-refractivity contribution < 1.29 is 50.4 Å². The van der Waals surface area contributed by atoms with Crippen molar-refractivity contribution in [3.63, 3.8) is 0 Å². The predicted molar refractivity (Wildman–Crippen MR) is 230 cm³/mol. The van der Waals surface area contributed by atoms with Crippen LogP contribution < -0.4 is 11.1 Å². The summed E-state index contributed by atoms with van der Waals surface area (Å²) in [6, 6.07) is 0.0535. The lowest BCUT2D eigenvalue weighted by molar-refractivity contribution is -0.118. The summed E-state index contributed by atoms with van der Waals surface area (Å²) in [7, 11) is 0. The topological polar surface area (TPSA) is 261 Å². The van der Waals surface area contributed by atoms with E-state index in [-0.39, 0.29) is 66.4 Å². The van der Waals surface area contributed by atoms with Crippen LogP contribution in [0.4, 0.5) is 0 Å². The van der Waals surface area contributed by atoms with Crippen molar-refractivity contribution in [2.45, 2.75) is 148 Å². The van der Waals surface area contributed by atoms with Crippen LogP contribution in [0.3, 0.4) is 0 Å². The van der Waals surface area contributed by atoms with Gasteiger partial charge in [0.1, 0.15) is 11.3 Å². The van der Waals surface area contributed by atoms with Crippen LogP contribution in [0, 0.1) is 40.4 Å². The molecule has 0 bridgehead atoms. The third kappa shape index (κ3) is 12.0. The van der Waals surface area contributed by atoms with E-state index in [2.05, 4.69) is 5.32 Å². The summed E-state index contributed by atoms with van der Waals surface area (Å²) >= 11 is 0. The summed E-state index contributed by atoms with van der Waals surface area (Å²) in [5, 5.41) is 96.8. The number of fused-ring (bicyclic) bond motifs is 1. The van der Waals surface area contributed by atoms with Crippen molar-refractivity contribution in [3.05, 3.63) is 71.1 Å². The number of carbonyl (C=O) groups excluding carboxylic acids is 2. The number of ketones is 1. The molecule has 4 rings (SSSR count). The molecule has 0 aromatic heterocycles. The number of aliphatic hydroxyl groups is 8. The van der Waals surface area contributed by atoms with Crippen molar-refractivity contribution >= 4 is 17.6 Å². The number of likely N-dealkylation sites (tertiary alicyclic amines) is 1. The fourth-order valence-corrected chi connectivity index (χ4v) is 9.89. The Bertz CT molecular complexity index is 1670. The van der Waals surface area contributed by atoms with Gasteiger partial charge in [0.05, 0.1) is 49.3 Å². The van der Waals surface area contributed by atoms with Crippen molar-refractivity contribution in [2.75, 3.05) is 13.1 Å². The Hall–Kier alpha value is -3.63. The summed E-state index contributed by atoms with van der Waals surface area (Å²) in [5.41, 5.74) is 5.87. The van der Waals surface area contributed by atoms with Crippen LogP contribution in [0.5, 0.6) is 0 Å². The highest BCUT2D eigenvalue weighted by Gasteiger charge is 2.56. The zero-order valence-electron chi connectivity index (χ0n) is 36.0. The fourth-order valence-electron chi connectivity index (χ4n) is 9.89. The second-order valence-corrected chi connectivity index (χ2v) is 18.0. The van der Waals surface area contributed by atoms with Gasteiger partial charge in [0.2, 0.25) is 0 Å². The normalized spacial score (nSPS) is 32.2. The number of nitrogens with zero attached hydrogens (tertiary/aromatic N) is 1. The van der Waals surface area contributed by atoms with Crippen LogP contribution in [0.1, 0.15) is 98.8 Å². The maximum Gasteiger partial charge on any atom is 0.258 e. The zero-order valence-corrected chi connectivity index (χ0v) is 36.0. The Morgan fingerprint density at radius 2 is 1.68 bits per heavy atom. The van der Waals surface area contributed by atoms with Gasteiger partial charge < -0.3 is 56.8 Å². The number of carbonyl (C=O) groups is 2. The number of aliphatic hydroxyl groups excluding tert-OH is 8. The van der Waals surface area contributed by atoms with Gasteiger partial charge in [0.15, 0.2) is 11.7 Å². The molecular weight excluding hydrogens is 769 g/mol. The van der Waals surface area contributed by atoms with Crippen molar-refractivity contribution in [1.82, 2.24) is 10.2 Å². The smallest absolute Gasteiger partial charge is 0.258 e. The summed E-state index contributed by atoms with van der Waals surface area (Å²) in [4.78, 5) is 27.3. The molecule has 0 spiro atoms. The molecule has 336 valence electrons. The Morgan fingerprint density at radius 3 is 2.35 bits per heavy atom. The zero-order chi connectivity index (χ0) is 44.5. The summed E-state index contributed by atoms with van der Waals surface area (Å²) < 4.78 is 0. The molecule has 2 heterocycles. The van der Waals surface area contributed by atoms with Gasteiger partial charge in [-0.25, -0.2) is 0 Å². The van der Waals surface area contributed by atoms with E-state index < -0.39 is 65.8 Å². The molecule has 0 radical (unpaired) electrons. The van der Waals surface area contributed by atoms with E-state index in [9.17, 15) is 50.4 Å². The maximum atomic E-state index is 12.8. The van der Waals surface area contributed by atoms with Crippen LogP contribution in [0.2, 0.25) is 0 Å². The third-order valence-electron chi connectivity index (χ3n) is 13.7. The van der Waals surface area contributed by atoms with Gasteiger partial charge in [-0.05, 0) is 101 Å². The molecular formula is C46H72N4O10. The molecule has 2 saturated heterocycles. The quantitative estimate of drug-likeness (QED) is 0.0224. The lowest BCUT2D eigenvalue weighted by atomic mass is 9.51. The monoisotopic (exact) mass is 841 g/mol. The predicted octanol–water partition coefficient (Wildman–Crippen LogP) is 3.22. The summed E-state index contributed by atoms with van der Waals surface area (Å²) in [5.74, 6) is -3.01. The van der Waals surface area contributed by atoms with Crippen molar-refractivity contribution in [3.8, 4) is 0 Å². The average Bonchev–Trinajstić information content (AvgIpc) is 3.81. The molecule has 1 amide bonds. The molecule has 14 atom stereocenters. The van der Waals surface area contributed by atoms with Crippen LogP contribution in [-0.4, -0.2) is 125 Å². The van der Waals surface area contributed by atoms with E-state index >= 15 is 0 Å². The van der Waals surface area contributed by atoms with Gasteiger partial charge in [0, 0.05) is 29.8 Å². The molecule has 2 aliphatic carbocycles. The van der Waals surface area contributed by atoms with Crippen LogP contribution in [-0.2, 0) is 9.59 Å². The minimum Gasteiger partial charge on any atom is -0.511 e. The van der Waals surface area contributed by atoms with Crippen LogP contribution in [0.25, 0.3) is 0 Å². The van der Waals surface area contributed by atoms with E-state index in [0.717, 1.165) is 25.0 Å². The molecule has 0 aromatic rings. The molecule has 3 fully saturated rings. The Balaban J connectivity index is 1.26. The number of nitrogens with one attached hydrogen (secondary N) is 2. The first-order valence-corrected chi connectivity index (χ1v) is 21.8. The van der Waals surface area contributed by atoms with Crippen LogP contribution >= 0.6 is 0 Å². The molecule has 0 unspecified atom stereocenters. The number of hydrogen-bond acceptors (Lipinski definition) is 11. The number of allylic oxidation sites excluding steroid dienone is 2. The number of Topliss-reactive ketones (excluding diaryl/α,β-unsaturated/α-hetero) is 1. The van der Waals surface area contributed by atoms with Crippen LogP contribution in [0.15, 0.2) is 71.1 Å². The molecule has 14 heteroatoms. The van der Waals surface area contributed by atoms with Gasteiger partial charge in [-0.3, -0.25) is 15.0 Å². The molecule has 2 aliphatic heterocycles. The van der Waals surface area contributed by atoms with Gasteiger partial charge in [-0.15, -0.1) is 0 Å². The highest BCUT2D eigenvalue weighted by Crippen LogP contribution is 2.58. The largest absolute Gasteiger partial charge is 0.511 e. The Morgan fingerprint density at radius 1 is 1.00 bits per heavy atom. The minimum absolute atomic E-state index is 0.0272. The first kappa shape index (κ1) is 49.0. The van der Waals surface area contributed by atoms with E-state index in [0.29, 0.717) is 44.1 Å². The molecule has 4 aliphatic rings. The minimum atomic E-state index is -1.08. The van der Waals surface area contributed by atoms with Gasteiger partial charge in [-0.2, -0.15) is 0 Å².